The lowest BCUT2D eigenvalue weighted by Crippen LogP contribution is -2.52. The molecule has 1 aliphatic heterocycles. The molecule has 1 aliphatic carbocycles. The predicted octanol–water partition coefficient (Wildman–Crippen LogP) is 5.22. The highest BCUT2D eigenvalue weighted by molar-refractivity contribution is 5.89. The molecule has 2 fully saturated rings. The Morgan fingerprint density at radius 1 is 1.10 bits per heavy atom. The molecule has 0 radical (unpaired) electrons. The third kappa shape index (κ3) is 7.14. The van der Waals surface area contributed by atoms with E-state index in [2.05, 4.69) is 47.7 Å². The van der Waals surface area contributed by atoms with Gasteiger partial charge < -0.3 is 30.1 Å². The number of amides is 2. The van der Waals surface area contributed by atoms with E-state index < -0.39 is 12.1 Å². The highest BCUT2D eigenvalue weighted by Crippen LogP contribution is 2.49. The first-order valence-electron chi connectivity index (χ1n) is 12.8. The van der Waals surface area contributed by atoms with E-state index in [1.165, 1.54) is 11.1 Å². The molecule has 1 heterocycles. The van der Waals surface area contributed by atoms with Gasteiger partial charge in [-0.25, -0.2) is 9.59 Å². The van der Waals surface area contributed by atoms with Crippen LogP contribution in [0.25, 0.3) is 0 Å². The normalized spacial score (nSPS) is 22.6. The third-order valence-corrected chi connectivity index (χ3v) is 7.66. The molecule has 2 aromatic rings. The maximum absolute atomic E-state index is 12.7. The number of likely N-dealkylation sites (tertiary alicyclic amines) is 1. The summed E-state index contributed by atoms with van der Waals surface area (Å²) in [5.41, 5.74) is 3.45. The molecule has 1 saturated carbocycles. The minimum absolute atomic E-state index is 0.0818. The van der Waals surface area contributed by atoms with Crippen LogP contribution in [0.4, 0.5) is 23.7 Å². The molecular formula is C28H36F3N3O5. The lowest BCUT2D eigenvalue weighted by Gasteiger charge is -2.45. The van der Waals surface area contributed by atoms with Gasteiger partial charge in [0.2, 0.25) is 0 Å². The minimum Gasteiger partial charge on any atom is -0.493 e. The molecule has 8 nitrogen and oxygen atoms in total. The van der Waals surface area contributed by atoms with Crippen molar-refractivity contribution in [3.8, 4) is 11.5 Å². The van der Waals surface area contributed by atoms with Crippen molar-refractivity contribution in [1.82, 2.24) is 10.2 Å². The molecule has 4 rings (SSSR count). The molecule has 0 unspecified atom stereocenters. The zero-order valence-electron chi connectivity index (χ0n) is 22.6. The Hall–Kier alpha value is -3.47. The number of carbonyl (C=O) groups is 2. The van der Waals surface area contributed by atoms with Crippen LogP contribution in [0, 0.1) is 0 Å². The van der Waals surface area contributed by atoms with Crippen LogP contribution in [0.2, 0.25) is 0 Å². The number of nitrogens with zero attached hydrogens (tertiary/aromatic N) is 1. The Balaban J connectivity index is 0.000000532. The average molecular weight is 552 g/mol. The number of benzene rings is 2. The molecule has 2 aromatic carbocycles. The van der Waals surface area contributed by atoms with Gasteiger partial charge >= 0.3 is 18.2 Å². The minimum atomic E-state index is -5.08. The van der Waals surface area contributed by atoms with Crippen molar-refractivity contribution in [2.24, 2.45) is 0 Å². The van der Waals surface area contributed by atoms with Gasteiger partial charge in [0.1, 0.15) is 0 Å². The first-order valence-corrected chi connectivity index (χ1v) is 12.8. The van der Waals surface area contributed by atoms with Gasteiger partial charge in [0, 0.05) is 23.2 Å². The molecule has 0 aromatic heterocycles. The number of nitrogens with one attached hydrogen (secondary N) is 2. The second kappa shape index (κ2) is 12.6. The molecule has 0 spiro atoms. The molecule has 11 heteroatoms. The van der Waals surface area contributed by atoms with E-state index in [1.807, 2.05) is 24.3 Å². The lowest BCUT2D eigenvalue weighted by atomic mass is 9.65. The van der Waals surface area contributed by atoms with Crippen LogP contribution in [0.15, 0.2) is 42.5 Å². The van der Waals surface area contributed by atoms with E-state index in [9.17, 15) is 18.0 Å². The van der Waals surface area contributed by atoms with Crippen LogP contribution in [0.3, 0.4) is 0 Å². The van der Waals surface area contributed by atoms with Gasteiger partial charge in [0.25, 0.3) is 0 Å². The zero-order chi connectivity index (χ0) is 28.8. The number of anilines is 1. The standard InChI is InChI=1S/C26H35N3O3.C2HF3O2/c1-5-18-7-6-8-20(15-18)27-25(30)28-21-11-12-26(13-14-29(2)24(26)17-21)19-9-10-22(31-3)23(16-19)32-4;3-2(4,5)1(6)7/h6-10,15-16,21,24H,5,11-14,17H2,1-4H3,(H2,27,28,30);(H,6,7)/t21-,24+,26+;/m1./s1. The van der Waals surface area contributed by atoms with Gasteiger partial charge in [-0.05, 0) is 81.1 Å². The van der Waals surface area contributed by atoms with E-state index in [0.717, 1.165) is 55.8 Å². The summed E-state index contributed by atoms with van der Waals surface area (Å²) in [7, 11) is 5.56. The van der Waals surface area contributed by atoms with Crippen LogP contribution >= 0.6 is 0 Å². The van der Waals surface area contributed by atoms with E-state index in [4.69, 9.17) is 19.4 Å². The number of hydrogen-bond donors (Lipinski definition) is 3. The summed E-state index contributed by atoms with van der Waals surface area (Å²) in [6, 6.07) is 14.8. The Morgan fingerprint density at radius 3 is 2.41 bits per heavy atom. The Labute approximate surface area is 226 Å². The van der Waals surface area contributed by atoms with Gasteiger partial charge in [0.05, 0.1) is 14.2 Å². The number of ether oxygens (including phenoxy) is 2. The summed E-state index contributed by atoms with van der Waals surface area (Å²) in [5.74, 6) is -1.22. The van der Waals surface area contributed by atoms with E-state index in [1.54, 1.807) is 14.2 Å². The Bertz CT molecular complexity index is 1160. The van der Waals surface area contributed by atoms with Crippen molar-refractivity contribution in [2.45, 2.75) is 62.7 Å². The molecule has 2 amide bonds. The summed E-state index contributed by atoms with van der Waals surface area (Å²) in [5, 5.41) is 13.4. The number of carbonyl (C=O) groups excluding carboxylic acids is 1. The third-order valence-electron chi connectivity index (χ3n) is 7.66. The van der Waals surface area contributed by atoms with Crippen LogP contribution < -0.4 is 20.1 Å². The smallest absolute Gasteiger partial charge is 0.490 e. The van der Waals surface area contributed by atoms with E-state index >= 15 is 0 Å². The fraction of sp³-hybridized carbons (Fsp3) is 0.500. The summed E-state index contributed by atoms with van der Waals surface area (Å²) in [6.07, 6.45) is -0.0828. The van der Waals surface area contributed by atoms with Gasteiger partial charge in [-0.2, -0.15) is 13.2 Å². The number of carboxylic acids is 1. The summed E-state index contributed by atoms with van der Waals surface area (Å²) in [4.78, 5) is 24.0. The number of halogens is 3. The second-order valence-corrected chi connectivity index (χ2v) is 9.90. The molecule has 214 valence electrons. The van der Waals surface area contributed by atoms with Crippen LogP contribution in [-0.4, -0.2) is 68.1 Å². The molecule has 0 bridgehead atoms. The van der Waals surface area contributed by atoms with Gasteiger partial charge in [-0.3, -0.25) is 0 Å². The first-order chi connectivity index (χ1) is 18.4. The number of aryl methyl sites for hydroxylation is 1. The highest BCUT2D eigenvalue weighted by Gasteiger charge is 2.50. The lowest BCUT2D eigenvalue weighted by molar-refractivity contribution is -0.192. The highest BCUT2D eigenvalue weighted by atomic mass is 19.4. The topological polar surface area (TPSA) is 100 Å². The van der Waals surface area contributed by atoms with Crippen molar-refractivity contribution in [1.29, 1.82) is 0 Å². The SMILES string of the molecule is CCc1cccc(NC(=O)N[C@@H]2CC[C@@]3(c4ccc(OC)c(OC)c4)CCN(C)[C@H]3C2)c1.O=C(O)C(F)(F)F. The fourth-order valence-electron chi connectivity index (χ4n) is 5.62. The monoisotopic (exact) mass is 551 g/mol. The first kappa shape index (κ1) is 30.1. The van der Waals surface area contributed by atoms with Gasteiger partial charge in [-0.1, -0.05) is 25.1 Å². The quantitative estimate of drug-likeness (QED) is 0.456. The summed E-state index contributed by atoms with van der Waals surface area (Å²) >= 11 is 0. The number of methoxy groups -OCH3 is 2. The number of aliphatic carboxylic acids is 1. The largest absolute Gasteiger partial charge is 0.493 e. The summed E-state index contributed by atoms with van der Waals surface area (Å²) in [6.45, 7) is 3.17. The Kier molecular flexibility index (Phi) is 9.71. The molecule has 39 heavy (non-hydrogen) atoms. The molecule has 1 saturated heterocycles. The van der Waals surface area contributed by atoms with Crippen LogP contribution in [0.5, 0.6) is 11.5 Å². The van der Waals surface area contributed by atoms with Gasteiger partial charge in [-0.15, -0.1) is 0 Å². The molecular weight excluding hydrogens is 515 g/mol. The Morgan fingerprint density at radius 2 is 1.79 bits per heavy atom. The number of hydrogen-bond acceptors (Lipinski definition) is 5. The molecule has 2 aliphatic rings. The van der Waals surface area contributed by atoms with E-state index in [-0.39, 0.29) is 17.5 Å². The van der Waals surface area contributed by atoms with E-state index in [0.29, 0.717) is 6.04 Å². The number of alkyl halides is 3. The molecule has 3 atom stereocenters. The van der Waals surface area contributed by atoms with Crippen LogP contribution in [0.1, 0.15) is 43.7 Å². The number of carboxylic acid groups (broad SMARTS) is 1. The fourth-order valence-corrected chi connectivity index (χ4v) is 5.62. The number of likely N-dealkylation sites (N-methyl/N-ethyl adjacent to an activating group) is 1. The number of fused-ring (bicyclic) bond motifs is 1. The summed E-state index contributed by atoms with van der Waals surface area (Å²) < 4.78 is 42.8. The van der Waals surface area contributed by atoms with Crippen LogP contribution in [-0.2, 0) is 16.6 Å². The van der Waals surface area contributed by atoms with Crippen molar-refractivity contribution in [2.75, 3.05) is 33.1 Å². The number of urea groups is 1. The molecule has 3 N–H and O–H groups in total. The second-order valence-electron chi connectivity index (χ2n) is 9.90. The maximum atomic E-state index is 12.7. The zero-order valence-corrected chi connectivity index (χ0v) is 22.6. The van der Waals surface area contributed by atoms with Gasteiger partial charge in [0.15, 0.2) is 11.5 Å². The predicted molar refractivity (Wildman–Crippen MR) is 142 cm³/mol. The van der Waals surface area contributed by atoms with Crippen molar-refractivity contribution < 1.29 is 37.3 Å². The average Bonchev–Trinajstić information content (AvgIpc) is 3.24. The van der Waals surface area contributed by atoms with Crippen molar-refractivity contribution >= 4 is 17.7 Å². The number of rotatable bonds is 6. The maximum Gasteiger partial charge on any atom is 0.490 e. The van der Waals surface area contributed by atoms with Crippen molar-refractivity contribution in [3.05, 3.63) is 53.6 Å². The van der Waals surface area contributed by atoms with Crippen molar-refractivity contribution in [3.63, 3.8) is 0 Å².